The van der Waals surface area contributed by atoms with Gasteiger partial charge in [0.05, 0.1) is 11.0 Å². The predicted octanol–water partition coefficient (Wildman–Crippen LogP) is 3.80. The molecule has 1 aromatic carbocycles. The maximum atomic E-state index is 13.2. The molecule has 1 aliphatic heterocycles. The van der Waals surface area contributed by atoms with Gasteiger partial charge in [-0.1, -0.05) is 25.5 Å². The highest BCUT2D eigenvalue weighted by atomic mass is 16.2. The first-order valence-corrected chi connectivity index (χ1v) is 10.9. The van der Waals surface area contributed by atoms with Crippen LogP contribution in [0.2, 0.25) is 0 Å². The molecule has 1 aliphatic rings. The molecule has 6 nitrogen and oxygen atoms in total. The minimum absolute atomic E-state index is 0.0334. The Morgan fingerprint density at radius 2 is 1.90 bits per heavy atom. The number of carbonyl (C=O) groups excluding carboxylic acids is 2. The standard InChI is InChI=1S/C23H34N4O2/c1-6-7-12-25-14-18(13-21(25)28)23-24-19-10-8-9-11-20(19)26(23)15-22(29)27(16(2)3)17(4)5/h8-11,16-18H,6-7,12-15H2,1-5H3/t18-/m0/s1. The first-order valence-electron chi connectivity index (χ1n) is 10.9. The molecule has 2 heterocycles. The van der Waals surface area contributed by atoms with Gasteiger partial charge >= 0.3 is 0 Å². The van der Waals surface area contributed by atoms with Crippen molar-refractivity contribution in [2.75, 3.05) is 13.1 Å². The van der Waals surface area contributed by atoms with Crippen molar-refractivity contribution in [3.8, 4) is 0 Å². The minimum Gasteiger partial charge on any atom is -0.342 e. The van der Waals surface area contributed by atoms with Gasteiger partial charge in [0.2, 0.25) is 11.8 Å². The highest BCUT2D eigenvalue weighted by molar-refractivity contribution is 5.83. The second-order valence-electron chi connectivity index (χ2n) is 8.63. The van der Waals surface area contributed by atoms with E-state index in [2.05, 4.69) is 6.92 Å². The number of carbonyl (C=O) groups is 2. The van der Waals surface area contributed by atoms with Crippen LogP contribution in [0.25, 0.3) is 11.0 Å². The van der Waals surface area contributed by atoms with Gasteiger partial charge in [-0.05, 0) is 46.2 Å². The number of imidazole rings is 1. The SMILES string of the molecule is CCCCN1C[C@@H](c2nc3ccccc3n2CC(=O)N(C(C)C)C(C)C)CC1=O. The van der Waals surface area contributed by atoms with Crippen molar-refractivity contribution in [1.82, 2.24) is 19.4 Å². The molecule has 2 aromatic rings. The molecule has 3 rings (SSSR count). The van der Waals surface area contributed by atoms with Crippen LogP contribution in [-0.4, -0.2) is 56.3 Å². The first kappa shape index (κ1) is 21.3. The average molecular weight is 399 g/mol. The number of likely N-dealkylation sites (tertiary alicyclic amines) is 1. The van der Waals surface area contributed by atoms with Crippen LogP contribution < -0.4 is 0 Å². The van der Waals surface area contributed by atoms with E-state index in [9.17, 15) is 9.59 Å². The van der Waals surface area contributed by atoms with Crippen LogP contribution in [0.3, 0.4) is 0 Å². The van der Waals surface area contributed by atoms with Gasteiger partial charge < -0.3 is 14.4 Å². The number of benzene rings is 1. The van der Waals surface area contributed by atoms with Gasteiger partial charge in [0.25, 0.3) is 0 Å². The van der Waals surface area contributed by atoms with Crippen LogP contribution >= 0.6 is 0 Å². The molecule has 0 bridgehead atoms. The van der Waals surface area contributed by atoms with Crippen molar-refractivity contribution in [3.63, 3.8) is 0 Å². The molecule has 29 heavy (non-hydrogen) atoms. The van der Waals surface area contributed by atoms with Gasteiger partial charge in [0.15, 0.2) is 0 Å². The quantitative estimate of drug-likeness (QED) is 0.680. The molecule has 0 saturated carbocycles. The lowest BCUT2D eigenvalue weighted by Crippen LogP contribution is -2.44. The zero-order valence-electron chi connectivity index (χ0n) is 18.4. The largest absolute Gasteiger partial charge is 0.342 e. The number of aromatic nitrogens is 2. The van der Waals surface area contributed by atoms with E-state index in [0.29, 0.717) is 13.0 Å². The Labute approximate surface area is 173 Å². The van der Waals surface area contributed by atoms with Crippen molar-refractivity contribution in [1.29, 1.82) is 0 Å². The number of rotatable bonds is 8. The van der Waals surface area contributed by atoms with Gasteiger partial charge in [-0.3, -0.25) is 9.59 Å². The van der Waals surface area contributed by atoms with Gasteiger partial charge in [-0.15, -0.1) is 0 Å². The Morgan fingerprint density at radius 1 is 1.21 bits per heavy atom. The van der Waals surface area contributed by atoms with Gasteiger partial charge in [0.1, 0.15) is 12.4 Å². The molecule has 0 N–H and O–H groups in total. The van der Waals surface area contributed by atoms with E-state index >= 15 is 0 Å². The van der Waals surface area contributed by atoms with Crippen LogP contribution in [-0.2, 0) is 16.1 Å². The summed E-state index contributed by atoms with van der Waals surface area (Å²) in [6.07, 6.45) is 2.56. The van der Waals surface area contributed by atoms with E-state index in [1.165, 1.54) is 0 Å². The number of fused-ring (bicyclic) bond motifs is 1. The van der Waals surface area contributed by atoms with Crippen LogP contribution in [0.15, 0.2) is 24.3 Å². The molecule has 0 radical (unpaired) electrons. The van der Waals surface area contributed by atoms with E-state index in [1.807, 2.05) is 66.3 Å². The molecule has 1 aromatic heterocycles. The number of hydrogen-bond acceptors (Lipinski definition) is 3. The highest BCUT2D eigenvalue weighted by Gasteiger charge is 2.34. The summed E-state index contributed by atoms with van der Waals surface area (Å²) in [4.78, 5) is 34.4. The normalized spacial score (nSPS) is 17.1. The third-order valence-electron chi connectivity index (χ3n) is 5.74. The summed E-state index contributed by atoms with van der Waals surface area (Å²) >= 11 is 0. The van der Waals surface area contributed by atoms with E-state index in [0.717, 1.165) is 36.2 Å². The lowest BCUT2D eigenvalue weighted by Gasteiger charge is -2.31. The Balaban J connectivity index is 1.93. The molecular weight excluding hydrogens is 364 g/mol. The number of nitrogens with zero attached hydrogens (tertiary/aromatic N) is 4. The van der Waals surface area contributed by atoms with Crippen molar-refractivity contribution in [2.24, 2.45) is 0 Å². The monoisotopic (exact) mass is 398 g/mol. The summed E-state index contributed by atoms with van der Waals surface area (Å²) in [5.41, 5.74) is 1.85. The first-order chi connectivity index (χ1) is 13.8. The minimum atomic E-state index is 0.0334. The Morgan fingerprint density at radius 3 is 2.55 bits per heavy atom. The summed E-state index contributed by atoms with van der Waals surface area (Å²) in [6, 6.07) is 8.21. The molecule has 6 heteroatoms. The fourth-order valence-electron chi connectivity index (χ4n) is 4.47. The number of hydrogen-bond donors (Lipinski definition) is 0. The van der Waals surface area contributed by atoms with Crippen molar-refractivity contribution >= 4 is 22.8 Å². The zero-order valence-corrected chi connectivity index (χ0v) is 18.4. The highest BCUT2D eigenvalue weighted by Crippen LogP contribution is 2.30. The molecule has 0 aliphatic carbocycles. The van der Waals surface area contributed by atoms with Gasteiger partial charge in [0, 0.05) is 37.5 Å². The topological polar surface area (TPSA) is 58.4 Å². The summed E-state index contributed by atoms with van der Waals surface area (Å²) in [5, 5.41) is 0. The Kier molecular flexibility index (Phi) is 6.60. The summed E-state index contributed by atoms with van der Waals surface area (Å²) in [7, 11) is 0. The van der Waals surface area contributed by atoms with Crippen molar-refractivity contribution in [2.45, 2.75) is 78.4 Å². The van der Waals surface area contributed by atoms with E-state index < -0.39 is 0 Å². The smallest absolute Gasteiger partial charge is 0.243 e. The van der Waals surface area contributed by atoms with Crippen LogP contribution in [0.1, 0.15) is 65.6 Å². The van der Waals surface area contributed by atoms with Crippen molar-refractivity contribution in [3.05, 3.63) is 30.1 Å². The van der Waals surface area contributed by atoms with Gasteiger partial charge in [-0.2, -0.15) is 0 Å². The second kappa shape index (κ2) is 8.97. The third-order valence-corrected chi connectivity index (χ3v) is 5.74. The number of para-hydroxylation sites is 2. The Hall–Kier alpha value is -2.37. The van der Waals surface area contributed by atoms with Crippen molar-refractivity contribution < 1.29 is 9.59 Å². The van der Waals surface area contributed by atoms with E-state index in [-0.39, 0.29) is 36.4 Å². The molecule has 1 saturated heterocycles. The number of amides is 2. The second-order valence-corrected chi connectivity index (χ2v) is 8.63. The summed E-state index contributed by atoms with van der Waals surface area (Å²) in [5.74, 6) is 1.18. The summed E-state index contributed by atoms with van der Waals surface area (Å²) in [6.45, 7) is 12.1. The molecule has 158 valence electrons. The molecule has 1 fully saturated rings. The van der Waals surface area contributed by atoms with Crippen LogP contribution in [0, 0.1) is 0 Å². The molecule has 0 spiro atoms. The third kappa shape index (κ3) is 4.46. The molecule has 2 amide bonds. The molecular formula is C23H34N4O2. The lowest BCUT2D eigenvalue weighted by molar-refractivity contribution is -0.135. The van der Waals surface area contributed by atoms with Crippen LogP contribution in [0.4, 0.5) is 0 Å². The lowest BCUT2D eigenvalue weighted by atomic mass is 10.1. The average Bonchev–Trinajstić information content (AvgIpc) is 3.20. The maximum Gasteiger partial charge on any atom is 0.243 e. The van der Waals surface area contributed by atoms with E-state index in [1.54, 1.807) is 0 Å². The fourth-order valence-corrected chi connectivity index (χ4v) is 4.47. The Bertz CT molecular complexity index is 863. The fraction of sp³-hybridized carbons (Fsp3) is 0.609. The zero-order chi connectivity index (χ0) is 21.1. The van der Waals surface area contributed by atoms with E-state index in [4.69, 9.17) is 4.98 Å². The predicted molar refractivity (Wildman–Crippen MR) is 116 cm³/mol. The molecule has 0 unspecified atom stereocenters. The number of unbranched alkanes of at least 4 members (excludes halogenated alkanes) is 1. The maximum absolute atomic E-state index is 13.2. The van der Waals surface area contributed by atoms with Gasteiger partial charge in [-0.25, -0.2) is 4.98 Å². The molecule has 1 atom stereocenters. The van der Waals surface area contributed by atoms with Crippen LogP contribution in [0.5, 0.6) is 0 Å². The summed E-state index contributed by atoms with van der Waals surface area (Å²) < 4.78 is 2.04.